The van der Waals surface area contributed by atoms with Gasteiger partial charge in [-0.15, -0.1) is 11.3 Å². The van der Waals surface area contributed by atoms with Crippen LogP contribution in [-0.4, -0.2) is 44.1 Å². The lowest BCUT2D eigenvalue weighted by Crippen LogP contribution is -2.26. The van der Waals surface area contributed by atoms with E-state index in [-0.39, 0.29) is 11.9 Å². The number of carbonyl (C=O) groups excluding carboxylic acids is 2. The van der Waals surface area contributed by atoms with Crippen LogP contribution in [0, 0.1) is 0 Å². The zero-order chi connectivity index (χ0) is 18.7. The number of nitrogens with zero attached hydrogens (tertiary/aromatic N) is 1. The zero-order valence-electron chi connectivity index (χ0n) is 15.1. The topological polar surface area (TPSA) is 67.9 Å². The van der Waals surface area contributed by atoms with Gasteiger partial charge in [0.1, 0.15) is 10.8 Å². The van der Waals surface area contributed by atoms with E-state index in [1.54, 1.807) is 38.3 Å². The SMILES string of the molecule is CCOC(=O)c1c(NC(=O)c2cccc(OC)c2)sc2c1CCN(C)C2. The van der Waals surface area contributed by atoms with E-state index in [0.29, 0.717) is 28.5 Å². The third-order valence-corrected chi connectivity index (χ3v) is 5.42. The van der Waals surface area contributed by atoms with Gasteiger partial charge in [-0.1, -0.05) is 6.07 Å². The molecule has 0 fully saturated rings. The van der Waals surface area contributed by atoms with Crippen LogP contribution in [-0.2, 0) is 17.7 Å². The molecule has 138 valence electrons. The highest BCUT2D eigenvalue weighted by Crippen LogP contribution is 2.37. The fourth-order valence-electron chi connectivity index (χ4n) is 2.98. The molecule has 0 spiro atoms. The number of ether oxygens (including phenoxy) is 2. The van der Waals surface area contributed by atoms with Crippen LogP contribution in [0.4, 0.5) is 5.00 Å². The minimum atomic E-state index is -0.379. The lowest BCUT2D eigenvalue weighted by molar-refractivity contribution is 0.0526. The molecule has 7 heteroatoms. The summed E-state index contributed by atoms with van der Waals surface area (Å²) >= 11 is 1.45. The molecule has 0 saturated heterocycles. The van der Waals surface area contributed by atoms with E-state index in [1.165, 1.54) is 11.3 Å². The number of fused-ring (bicyclic) bond motifs is 1. The number of likely N-dealkylation sites (N-methyl/N-ethyl adjacent to an activating group) is 1. The Bertz CT molecular complexity index is 831. The monoisotopic (exact) mass is 374 g/mol. The molecule has 0 bridgehead atoms. The normalized spacial score (nSPS) is 13.8. The van der Waals surface area contributed by atoms with Gasteiger partial charge in [-0.3, -0.25) is 4.79 Å². The first-order valence-electron chi connectivity index (χ1n) is 8.49. The molecule has 3 rings (SSSR count). The summed E-state index contributed by atoms with van der Waals surface area (Å²) in [7, 11) is 3.60. The van der Waals surface area contributed by atoms with Crippen LogP contribution in [0.15, 0.2) is 24.3 Å². The maximum absolute atomic E-state index is 12.7. The summed E-state index contributed by atoms with van der Waals surface area (Å²) in [6.45, 7) is 3.71. The second-order valence-corrected chi connectivity index (χ2v) is 7.21. The van der Waals surface area contributed by atoms with E-state index >= 15 is 0 Å². The van der Waals surface area contributed by atoms with Crippen molar-refractivity contribution < 1.29 is 19.1 Å². The number of amides is 1. The minimum absolute atomic E-state index is 0.276. The first-order valence-corrected chi connectivity index (χ1v) is 9.30. The molecule has 26 heavy (non-hydrogen) atoms. The lowest BCUT2D eigenvalue weighted by Gasteiger charge is -2.22. The van der Waals surface area contributed by atoms with Gasteiger partial charge in [0.05, 0.1) is 19.3 Å². The first kappa shape index (κ1) is 18.4. The third kappa shape index (κ3) is 3.73. The fourth-order valence-corrected chi connectivity index (χ4v) is 4.29. The smallest absolute Gasteiger partial charge is 0.341 e. The van der Waals surface area contributed by atoms with E-state index < -0.39 is 0 Å². The van der Waals surface area contributed by atoms with Crippen LogP contribution in [0.3, 0.4) is 0 Å². The van der Waals surface area contributed by atoms with Crippen molar-refractivity contribution in [1.82, 2.24) is 4.90 Å². The number of hydrogen-bond donors (Lipinski definition) is 1. The Morgan fingerprint density at radius 3 is 2.88 bits per heavy atom. The molecule has 0 radical (unpaired) electrons. The molecule has 1 aliphatic heterocycles. The van der Waals surface area contributed by atoms with Crippen molar-refractivity contribution >= 4 is 28.2 Å². The molecular weight excluding hydrogens is 352 g/mol. The molecule has 1 aliphatic rings. The molecular formula is C19H22N2O4S. The standard InChI is InChI=1S/C19H22N2O4S/c1-4-25-19(23)16-14-8-9-21(2)11-15(14)26-18(16)20-17(22)12-6-5-7-13(10-12)24-3/h5-7,10H,4,8-9,11H2,1-3H3,(H,20,22). The molecule has 2 heterocycles. The zero-order valence-corrected chi connectivity index (χ0v) is 15.9. The van der Waals surface area contributed by atoms with Crippen molar-refractivity contribution in [2.45, 2.75) is 19.9 Å². The predicted molar refractivity (Wildman–Crippen MR) is 101 cm³/mol. The predicted octanol–water partition coefficient (Wildman–Crippen LogP) is 3.17. The minimum Gasteiger partial charge on any atom is -0.497 e. The molecule has 6 nitrogen and oxygen atoms in total. The van der Waals surface area contributed by atoms with Crippen molar-refractivity contribution in [2.75, 3.05) is 32.6 Å². The van der Waals surface area contributed by atoms with Crippen molar-refractivity contribution in [3.63, 3.8) is 0 Å². The number of methoxy groups -OCH3 is 1. The summed E-state index contributed by atoms with van der Waals surface area (Å²) in [4.78, 5) is 28.5. The van der Waals surface area contributed by atoms with Gasteiger partial charge in [0.2, 0.25) is 0 Å². The van der Waals surface area contributed by atoms with Gasteiger partial charge in [-0.2, -0.15) is 0 Å². The Labute approximate surface area is 156 Å². The van der Waals surface area contributed by atoms with Gasteiger partial charge in [-0.25, -0.2) is 4.79 Å². The maximum Gasteiger partial charge on any atom is 0.341 e. The summed E-state index contributed by atoms with van der Waals surface area (Å²) in [6.07, 6.45) is 0.769. The summed E-state index contributed by atoms with van der Waals surface area (Å²) in [5, 5.41) is 3.45. The molecule has 1 aromatic heterocycles. The average Bonchev–Trinajstić information content (AvgIpc) is 2.98. The largest absolute Gasteiger partial charge is 0.497 e. The summed E-state index contributed by atoms with van der Waals surface area (Å²) in [5.41, 5.74) is 1.96. The van der Waals surface area contributed by atoms with E-state index in [9.17, 15) is 9.59 Å². The average molecular weight is 374 g/mol. The molecule has 0 atom stereocenters. The summed E-state index contributed by atoms with van der Waals surface area (Å²) in [5.74, 6) is -0.0488. The second-order valence-electron chi connectivity index (χ2n) is 6.10. The first-order chi connectivity index (χ1) is 12.5. The van der Waals surface area contributed by atoms with Crippen LogP contribution in [0.1, 0.15) is 38.1 Å². The molecule has 1 N–H and O–H groups in total. The van der Waals surface area contributed by atoms with E-state index in [1.807, 2.05) is 7.05 Å². The van der Waals surface area contributed by atoms with Gasteiger partial charge in [0.15, 0.2) is 0 Å². The van der Waals surface area contributed by atoms with Crippen LogP contribution >= 0.6 is 11.3 Å². The number of nitrogens with one attached hydrogen (secondary N) is 1. The van der Waals surface area contributed by atoms with E-state index in [2.05, 4.69) is 10.2 Å². The van der Waals surface area contributed by atoms with Crippen LogP contribution < -0.4 is 10.1 Å². The highest BCUT2D eigenvalue weighted by Gasteiger charge is 2.28. The van der Waals surface area contributed by atoms with Crippen LogP contribution in [0.5, 0.6) is 5.75 Å². The fraction of sp³-hybridized carbons (Fsp3) is 0.368. The highest BCUT2D eigenvalue weighted by molar-refractivity contribution is 7.17. The summed E-state index contributed by atoms with van der Waals surface area (Å²) in [6, 6.07) is 6.92. The van der Waals surface area contributed by atoms with Gasteiger partial charge >= 0.3 is 5.97 Å². The van der Waals surface area contributed by atoms with E-state index in [0.717, 1.165) is 30.0 Å². The van der Waals surface area contributed by atoms with E-state index in [4.69, 9.17) is 9.47 Å². The Balaban J connectivity index is 1.93. The van der Waals surface area contributed by atoms with Gasteiger partial charge < -0.3 is 19.7 Å². The molecule has 1 amide bonds. The number of hydrogen-bond acceptors (Lipinski definition) is 6. The lowest BCUT2D eigenvalue weighted by atomic mass is 10.0. The molecule has 2 aromatic rings. The quantitative estimate of drug-likeness (QED) is 0.814. The molecule has 1 aromatic carbocycles. The Morgan fingerprint density at radius 2 is 2.15 bits per heavy atom. The van der Waals surface area contributed by atoms with Crippen molar-refractivity contribution in [2.24, 2.45) is 0 Å². The second kappa shape index (κ2) is 7.88. The van der Waals surface area contributed by atoms with Gasteiger partial charge in [0, 0.05) is 23.5 Å². The number of thiophene rings is 1. The number of benzene rings is 1. The van der Waals surface area contributed by atoms with Gasteiger partial charge in [-0.05, 0) is 44.2 Å². The number of anilines is 1. The summed E-state index contributed by atoms with van der Waals surface area (Å²) < 4.78 is 10.4. The van der Waals surface area contributed by atoms with Crippen molar-refractivity contribution in [1.29, 1.82) is 0 Å². The van der Waals surface area contributed by atoms with Gasteiger partial charge in [0.25, 0.3) is 5.91 Å². The Kier molecular flexibility index (Phi) is 5.58. The molecule has 0 aliphatic carbocycles. The van der Waals surface area contributed by atoms with Crippen LogP contribution in [0.25, 0.3) is 0 Å². The number of esters is 1. The maximum atomic E-state index is 12.7. The van der Waals surface area contributed by atoms with Crippen LogP contribution in [0.2, 0.25) is 0 Å². The number of rotatable bonds is 5. The van der Waals surface area contributed by atoms with Crippen molar-refractivity contribution in [3.05, 3.63) is 45.8 Å². The Hall–Kier alpha value is -2.38. The third-order valence-electron chi connectivity index (χ3n) is 4.29. The molecule has 0 saturated carbocycles. The molecule has 0 unspecified atom stereocenters. The van der Waals surface area contributed by atoms with Crippen molar-refractivity contribution in [3.8, 4) is 5.75 Å². The number of carbonyl (C=O) groups is 2. The highest BCUT2D eigenvalue weighted by atomic mass is 32.1. The Morgan fingerprint density at radius 1 is 1.35 bits per heavy atom.